The van der Waals surface area contributed by atoms with Crippen LogP contribution in [0.1, 0.15) is 18.2 Å². The van der Waals surface area contributed by atoms with Crippen molar-refractivity contribution < 1.29 is 9.53 Å². The molecule has 0 bridgehead atoms. The number of anilines is 1. The van der Waals surface area contributed by atoms with E-state index in [0.717, 1.165) is 23.4 Å². The highest BCUT2D eigenvalue weighted by Crippen LogP contribution is 2.37. The van der Waals surface area contributed by atoms with Crippen LogP contribution >= 0.6 is 0 Å². The summed E-state index contributed by atoms with van der Waals surface area (Å²) in [6, 6.07) is 0. The molecule has 1 aromatic heterocycles. The molecule has 4 nitrogen and oxygen atoms in total. The molecule has 3 rings (SSSR count). The van der Waals surface area contributed by atoms with Crippen LogP contribution in [0.4, 0.5) is 5.69 Å². The minimum Gasteiger partial charge on any atom is -0.481 e. The van der Waals surface area contributed by atoms with Gasteiger partial charge in [-0.2, -0.15) is 0 Å². The number of nitrogens with zero attached hydrogens (tertiary/aromatic N) is 1. The van der Waals surface area contributed by atoms with Gasteiger partial charge in [-0.25, -0.2) is 0 Å². The molecule has 0 aromatic carbocycles. The van der Waals surface area contributed by atoms with Crippen molar-refractivity contribution in [1.29, 1.82) is 0 Å². The number of hydrogen-bond donors (Lipinski definition) is 1. The fourth-order valence-corrected chi connectivity index (χ4v) is 1.99. The highest BCUT2D eigenvalue weighted by molar-refractivity contribution is 5.96. The number of nitrogens with one attached hydrogen (secondary N) is 1. The summed E-state index contributed by atoms with van der Waals surface area (Å²) in [7, 11) is 0. The molecule has 0 atom stereocenters. The molecular weight excluding hydrogens is 192 g/mol. The molecule has 0 radical (unpaired) electrons. The molecule has 0 fully saturated rings. The Bertz CT molecular complexity index is 492. The van der Waals surface area contributed by atoms with Crippen molar-refractivity contribution in [2.24, 2.45) is 0 Å². The predicted molar refractivity (Wildman–Crippen MR) is 55.7 cm³/mol. The van der Waals surface area contributed by atoms with E-state index in [4.69, 9.17) is 4.74 Å². The summed E-state index contributed by atoms with van der Waals surface area (Å²) >= 11 is 0. The Morgan fingerprint density at radius 1 is 1.53 bits per heavy atom. The van der Waals surface area contributed by atoms with Crippen LogP contribution in [-0.4, -0.2) is 17.5 Å². The van der Waals surface area contributed by atoms with E-state index in [0.29, 0.717) is 5.69 Å². The normalized spacial score (nSPS) is 17.4. The molecule has 0 unspecified atom stereocenters. The van der Waals surface area contributed by atoms with E-state index < -0.39 is 0 Å². The minimum absolute atomic E-state index is 0.0997. The van der Waals surface area contributed by atoms with Gasteiger partial charge in [-0.1, -0.05) is 5.57 Å². The van der Waals surface area contributed by atoms with Gasteiger partial charge in [-0.3, -0.25) is 9.78 Å². The summed E-state index contributed by atoms with van der Waals surface area (Å²) in [5.74, 6) is 0.666. The van der Waals surface area contributed by atoms with Crippen LogP contribution in [0.2, 0.25) is 0 Å². The monoisotopic (exact) mass is 202 g/mol. The first-order valence-corrected chi connectivity index (χ1v) is 4.86. The first-order valence-electron chi connectivity index (χ1n) is 4.86. The van der Waals surface area contributed by atoms with Gasteiger partial charge in [0.05, 0.1) is 11.9 Å². The van der Waals surface area contributed by atoms with E-state index >= 15 is 0 Å². The number of aromatic nitrogens is 1. The number of amides is 1. The molecule has 0 saturated carbocycles. The average molecular weight is 202 g/mol. The summed E-state index contributed by atoms with van der Waals surface area (Å²) in [4.78, 5) is 15.4. The average Bonchev–Trinajstić information content (AvgIpc) is 2.58. The molecule has 0 saturated heterocycles. The second-order valence-corrected chi connectivity index (χ2v) is 3.87. The van der Waals surface area contributed by atoms with Gasteiger partial charge in [-0.15, -0.1) is 0 Å². The Morgan fingerprint density at radius 3 is 3.27 bits per heavy atom. The number of allylic oxidation sites excluding steroid dienone is 1. The Balaban J connectivity index is 2.13. The second-order valence-electron chi connectivity index (χ2n) is 3.87. The van der Waals surface area contributed by atoms with Crippen molar-refractivity contribution >= 4 is 17.7 Å². The lowest BCUT2D eigenvalue weighted by Gasteiger charge is -2.19. The van der Waals surface area contributed by atoms with E-state index in [1.807, 2.05) is 0 Å². The lowest BCUT2D eigenvalue weighted by molar-refractivity contribution is -0.118. The molecule has 4 heteroatoms. The molecular formula is C11H10N2O2. The van der Waals surface area contributed by atoms with Gasteiger partial charge in [0.25, 0.3) is 5.91 Å². The van der Waals surface area contributed by atoms with Crippen LogP contribution in [-0.2, 0) is 11.2 Å². The van der Waals surface area contributed by atoms with Gasteiger partial charge in [-0.05, 0) is 19.4 Å². The molecule has 15 heavy (non-hydrogen) atoms. The van der Waals surface area contributed by atoms with Crippen LogP contribution in [0, 0.1) is 0 Å². The van der Waals surface area contributed by atoms with E-state index in [-0.39, 0.29) is 12.5 Å². The fraction of sp³-hybridized carbons (Fsp3) is 0.273. The maximum atomic E-state index is 11.1. The Morgan fingerprint density at radius 2 is 2.40 bits per heavy atom. The van der Waals surface area contributed by atoms with Crippen LogP contribution in [0.3, 0.4) is 0 Å². The van der Waals surface area contributed by atoms with E-state index in [1.165, 1.54) is 5.57 Å². The van der Waals surface area contributed by atoms with E-state index in [1.54, 1.807) is 6.20 Å². The molecule has 1 aliphatic carbocycles. The molecule has 1 amide bonds. The second kappa shape index (κ2) is 2.82. The molecule has 2 heterocycles. The lowest BCUT2D eigenvalue weighted by Crippen LogP contribution is -2.26. The highest BCUT2D eigenvalue weighted by atomic mass is 16.5. The van der Waals surface area contributed by atoms with Gasteiger partial charge in [0.1, 0.15) is 5.69 Å². The number of carbonyl (C=O) groups is 1. The Labute approximate surface area is 87.0 Å². The lowest BCUT2D eigenvalue weighted by atomic mass is 10.1. The van der Waals surface area contributed by atoms with Crippen molar-refractivity contribution in [3.8, 4) is 5.75 Å². The number of hydrogen-bond acceptors (Lipinski definition) is 3. The van der Waals surface area contributed by atoms with E-state index in [2.05, 4.69) is 23.3 Å². The zero-order valence-corrected chi connectivity index (χ0v) is 8.33. The molecule has 1 N–H and O–H groups in total. The number of rotatable bonds is 0. The smallest absolute Gasteiger partial charge is 0.262 e. The Kier molecular flexibility index (Phi) is 1.59. The van der Waals surface area contributed by atoms with Gasteiger partial charge in [0.2, 0.25) is 0 Å². The highest BCUT2D eigenvalue weighted by Gasteiger charge is 2.24. The Hall–Kier alpha value is -1.84. The zero-order chi connectivity index (χ0) is 10.4. The van der Waals surface area contributed by atoms with Crippen molar-refractivity contribution in [1.82, 2.24) is 4.98 Å². The molecule has 1 aliphatic heterocycles. The summed E-state index contributed by atoms with van der Waals surface area (Å²) in [6.07, 6.45) is 4.57. The number of pyridine rings is 1. The first kappa shape index (κ1) is 8.47. The van der Waals surface area contributed by atoms with Gasteiger partial charge < -0.3 is 10.1 Å². The standard InChI is InChI=1S/C11H10N2O2/c1-6-2-7-8(3-6)12-4-9-11(7)15-5-10(14)13-9/h3-4H,2,5H2,1H3,(H,13,14). The van der Waals surface area contributed by atoms with Gasteiger partial charge in [0.15, 0.2) is 12.4 Å². The topological polar surface area (TPSA) is 51.2 Å². The number of carbonyl (C=O) groups excluding carboxylic acids is 1. The van der Waals surface area contributed by atoms with Crippen LogP contribution in [0.15, 0.2) is 11.8 Å². The van der Waals surface area contributed by atoms with Crippen molar-refractivity contribution in [3.63, 3.8) is 0 Å². The van der Waals surface area contributed by atoms with Crippen LogP contribution < -0.4 is 10.1 Å². The molecule has 76 valence electrons. The summed E-state index contributed by atoms with van der Waals surface area (Å²) < 4.78 is 5.44. The maximum absolute atomic E-state index is 11.1. The quantitative estimate of drug-likeness (QED) is 0.691. The minimum atomic E-state index is -0.119. The summed E-state index contributed by atoms with van der Waals surface area (Å²) in [6.45, 7) is 2.16. The summed E-state index contributed by atoms with van der Waals surface area (Å²) in [5, 5.41) is 2.75. The first-order chi connectivity index (χ1) is 7.24. The third-order valence-corrected chi connectivity index (χ3v) is 2.62. The zero-order valence-electron chi connectivity index (χ0n) is 8.33. The van der Waals surface area contributed by atoms with Gasteiger partial charge >= 0.3 is 0 Å². The van der Waals surface area contributed by atoms with Crippen molar-refractivity contribution in [3.05, 3.63) is 23.0 Å². The largest absolute Gasteiger partial charge is 0.481 e. The predicted octanol–water partition coefficient (Wildman–Crippen LogP) is 1.37. The van der Waals surface area contributed by atoms with Crippen molar-refractivity contribution in [2.45, 2.75) is 13.3 Å². The van der Waals surface area contributed by atoms with Gasteiger partial charge in [0, 0.05) is 5.56 Å². The molecule has 1 aromatic rings. The number of ether oxygens (including phenoxy) is 1. The SMILES string of the molecule is CC1=Cc2ncc3c(c2C1)OCC(=O)N3. The molecule has 0 spiro atoms. The van der Waals surface area contributed by atoms with E-state index in [9.17, 15) is 4.79 Å². The van der Waals surface area contributed by atoms with Crippen molar-refractivity contribution in [2.75, 3.05) is 11.9 Å². The maximum Gasteiger partial charge on any atom is 0.262 e. The van der Waals surface area contributed by atoms with Crippen LogP contribution in [0.25, 0.3) is 6.08 Å². The fourth-order valence-electron chi connectivity index (χ4n) is 1.99. The van der Waals surface area contributed by atoms with Crippen LogP contribution in [0.5, 0.6) is 5.75 Å². The summed E-state index contributed by atoms with van der Waals surface area (Å²) in [5.41, 5.74) is 4.01. The number of fused-ring (bicyclic) bond motifs is 3. The third-order valence-electron chi connectivity index (χ3n) is 2.62. The third kappa shape index (κ3) is 1.21. The molecule has 2 aliphatic rings.